The van der Waals surface area contributed by atoms with Gasteiger partial charge in [0.15, 0.2) is 0 Å². The predicted molar refractivity (Wildman–Crippen MR) is 176 cm³/mol. The second kappa shape index (κ2) is 17.6. The van der Waals surface area contributed by atoms with Gasteiger partial charge in [-0.15, -0.1) is 0 Å². The molecule has 0 radical (unpaired) electrons. The lowest BCUT2D eigenvalue weighted by Crippen LogP contribution is -1.98. The lowest BCUT2D eigenvalue weighted by Gasteiger charge is -2.12. The van der Waals surface area contributed by atoms with E-state index in [1.807, 2.05) is 97.1 Å². The van der Waals surface area contributed by atoms with E-state index in [0.29, 0.717) is 0 Å². The molecule has 0 unspecified atom stereocenters. The molecule has 0 aliphatic rings. The van der Waals surface area contributed by atoms with Gasteiger partial charge in [-0.05, 0) is 73.5 Å². The fraction of sp³-hybridized carbons (Fsp3) is 0.351. The van der Waals surface area contributed by atoms with Crippen LogP contribution in [0.25, 0.3) is 0 Å². The molecule has 0 aliphatic carbocycles. The molecule has 5 heteroatoms. The van der Waals surface area contributed by atoms with Crippen LogP contribution in [-0.2, 0) is 0 Å². The molecule has 4 aromatic carbocycles. The molecule has 0 aromatic heterocycles. The zero-order chi connectivity index (χ0) is 29.2. The Morgan fingerprint density at radius 1 is 0.429 bits per heavy atom. The Balaban J connectivity index is 1.26. The average molecular weight is 567 g/mol. The van der Waals surface area contributed by atoms with Crippen LogP contribution < -0.4 is 24.8 Å². The summed E-state index contributed by atoms with van der Waals surface area (Å²) in [6.45, 7) is 5.97. The first kappa shape index (κ1) is 30.8. The normalized spacial score (nSPS) is 10.7. The van der Waals surface area contributed by atoms with Crippen LogP contribution >= 0.6 is 0 Å². The van der Waals surface area contributed by atoms with Crippen molar-refractivity contribution in [3.8, 4) is 23.0 Å². The second-order valence-electron chi connectivity index (χ2n) is 10.6. The van der Waals surface area contributed by atoms with Gasteiger partial charge in [-0.1, -0.05) is 77.0 Å². The summed E-state index contributed by atoms with van der Waals surface area (Å²) in [5.74, 6) is 3.32. The summed E-state index contributed by atoms with van der Waals surface area (Å²) in [7, 11) is 0. The highest BCUT2D eigenvalue weighted by Gasteiger charge is 2.04. The summed E-state index contributed by atoms with van der Waals surface area (Å²) in [6.07, 6.45) is 11.0. The monoisotopic (exact) mass is 566 g/mol. The van der Waals surface area contributed by atoms with Gasteiger partial charge in [0.2, 0.25) is 0 Å². The Labute approximate surface area is 252 Å². The van der Waals surface area contributed by atoms with Gasteiger partial charge in [-0.3, -0.25) is 0 Å². The van der Waals surface area contributed by atoms with E-state index in [1.165, 1.54) is 44.9 Å². The Hall–Kier alpha value is -4.12. The van der Waals surface area contributed by atoms with Crippen molar-refractivity contribution < 1.29 is 14.2 Å². The van der Waals surface area contributed by atoms with Crippen molar-refractivity contribution in [3.63, 3.8) is 0 Å². The minimum absolute atomic E-state index is 0.751. The molecule has 0 heterocycles. The number of rotatable bonds is 19. The molecule has 4 aromatic rings. The number of nitrogens with one attached hydrogen (secondary N) is 2. The fourth-order valence-corrected chi connectivity index (χ4v) is 4.65. The smallest absolute Gasteiger partial charge is 0.129 e. The number of unbranched alkanes of at least 4 members (excludes halogenated alkanes) is 7. The summed E-state index contributed by atoms with van der Waals surface area (Å²) in [5, 5.41) is 6.93. The summed E-state index contributed by atoms with van der Waals surface area (Å²) < 4.78 is 18.1. The van der Waals surface area contributed by atoms with E-state index in [0.717, 1.165) is 71.8 Å². The molecule has 2 N–H and O–H groups in total. The van der Waals surface area contributed by atoms with Gasteiger partial charge >= 0.3 is 0 Å². The standard InChI is InChI=1S/C37H46N2O3/c1-3-5-7-9-11-26-41-35-18-12-15-31(27-35)38-30-21-23-34(24-22-30)42-37-20-14-17-33(29-37)39-32-16-13-19-36(28-32)40-25-10-8-6-4-2/h12-24,27-29,38-39H,3-11,25-26H2,1-2H3. The zero-order valence-corrected chi connectivity index (χ0v) is 25.2. The highest BCUT2D eigenvalue weighted by atomic mass is 16.5. The minimum atomic E-state index is 0.751. The molecule has 4 rings (SSSR count). The molecular weight excluding hydrogens is 520 g/mol. The zero-order valence-electron chi connectivity index (χ0n) is 25.2. The molecule has 0 saturated heterocycles. The van der Waals surface area contributed by atoms with Gasteiger partial charge in [0.05, 0.1) is 13.2 Å². The molecular formula is C37H46N2O3. The number of ether oxygens (including phenoxy) is 3. The van der Waals surface area contributed by atoms with Crippen LogP contribution in [0.15, 0.2) is 97.1 Å². The van der Waals surface area contributed by atoms with Crippen LogP contribution in [0.1, 0.15) is 71.6 Å². The molecule has 5 nitrogen and oxygen atoms in total. The molecule has 0 atom stereocenters. The van der Waals surface area contributed by atoms with Gasteiger partial charge < -0.3 is 24.8 Å². The van der Waals surface area contributed by atoms with Crippen LogP contribution in [-0.4, -0.2) is 13.2 Å². The van der Waals surface area contributed by atoms with Gasteiger partial charge in [-0.2, -0.15) is 0 Å². The first-order chi connectivity index (χ1) is 20.7. The molecule has 0 bridgehead atoms. The lowest BCUT2D eigenvalue weighted by molar-refractivity contribution is 0.304. The Bertz CT molecular complexity index is 1320. The maximum absolute atomic E-state index is 6.16. The molecule has 222 valence electrons. The van der Waals surface area contributed by atoms with Crippen LogP contribution in [0.3, 0.4) is 0 Å². The Morgan fingerprint density at radius 3 is 1.43 bits per heavy atom. The van der Waals surface area contributed by atoms with E-state index in [1.54, 1.807) is 0 Å². The van der Waals surface area contributed by atoms with E-state index in [-0.39, 0.29) is 0 Å². The largest absolute Gasteiger partial charge is 0.494 e. The van der Waals surface area contributed by atoms with E-state index < -0.39 is 0 Å². The van der Waals surface area contributed by atoms with E-state index in [9.17, 15) is 0 Å². The summed E-state index contributed by atoms with van der Waals surface area (Å²) in [5.41, 5.74) is 3.92. The van der Waals surface area contributed by atoms with Gasteiger partial charge in [-0.25, -0.2) is 0 Å². The van der Waals surface area contributed by atoms with Gasteiger partial charge in [0.1, 0.15) is 23.0 Å². The SMILES string of the molecule is CCCCCCCOc1cccc(Nc2ccc(Oc3cccc(Nc4cccc(OCCCCCC)c4)c3)cc2)c1. The van der Waals surface area contributed by atoms with Gasteiger partial charge in [0.25, 0.3) is 0 Å². The highest BCUT2D eigenvalue weighted by Crippen LogP contribution is 2.29. The van der Waals surface area contributed by atoms with Crippen LogP contribution in [0.2, 0.25) is 0 Å². The summed E-state index contributed by atoms with van der Waals surface area (Å²) >= 11 is 0. The van der Waals surface area contributed by atoms with Crippen LogP contribution in [0, 0.1) is 0 Å². The first-order valence-electron chi connectivity index (χ1n) is 15.6. The maximum atomic E-state index is 6.16. The molecule has 0 aliphatic heterocycles. The Morgan fingerprint density at radius 2 is 0.881 bits per heavy atom. The number of hydrogen-bond donors (Lipinski definition) is 2. The third kappa shape index (κ3) is 11.0. The summed E-state index contributed by atoms with van der Waals surface area (Å²) in [6, 6.07) is 32.2. The molecule has 0 saturated carbocycles. The molecule has 0 amide bonds. The number of anilines is 4. The predicted octanol–water partition coefficient (Wildman–Crippen LogP) is 11.3. The topological polar surface area (TPSA) is 51.8 Å². The molecule has 0 fully saturated rings. The number of benzene rings is 4. The second-order valence-corrected chi connectivity index (χ2v) is 10.6. The van der Waals surface area contributed by atoms with Crippen LogP contribution in [0.5, 0.6) is 23.0 Å². The quantitative estimate of drug-likeness (QED) is 0.111. The van der Waals surface area contributed by atoms with E-state index >= 15 is 0 Å². The van der Waals surface area contributed by atoms with Crippen molar-refractivity contribution in [2.24, 2.45) is 0 Å². The van der Waals surface area contributed by atoms with Crippen molar-refractivity contribution in [2.75, 3.05) is 23.8 Å². The van der Waals surface area contributed by atoms with Crippen molar-refractivity contribution in [1.29, 1.82) is 0 Å². The highest BCUT2D eigenvalue weighted by molar-refractivity contribution is 5.64. The van der Waals surface area contributed by atoms with E-state index in [4.69, 9.17) is 14.2 Å². The van der Waals surface area contributed by atoms with Gasteiger partial charge in [0, 0.05) is 40.9 Å². The van der Waals surface area contributed by atoms with Crippen molar-refractivity contribution in [3.05, 3.63) is 97.1 Å². The molecule has 42 heavy (non-hydrogen) atoms. The minimum Gasteiger partial charge on any atom is -0.494 e. The van der Waals surface area contributed by atoms with Crippen molar-refractivity contribution >= 4 is 22.7 Å². The van der Waals surface area contributed by atoms with Crippen LogP contribution in [0.4, 0.5) is 22.7 Å². The van der Waals surface area contributed by atoms with E-state index in [2.05, 4.69) is 24.5 Å². The number of hydrogen-bond acceptors (Lipinski definition) is 5. The summed E-state index contributed by atoms with van der Waals surface area (Å²) in [4.78, 5) is 0. The molecule has 0 spiro atoms. The van der Waals surface area contributed by atoms with Crippen molar-refractivity contribution in [2.45, 2.75) is 71.6 Å². The first-order valence-corrected chi connectivity index (χ1v) is 15.6. The average Bonchev–Trinajstić information content (AvgIpc) is 3.00. The third-order valence-electron chi connectivity index (χ3n) is 6.95. The third-order valence-corrected chi connectivity index (χ3v) is 6.95. The maximum Gasteiger partial charge on any atom is 0.129 e. The fourth-order valence-electron chi connectivity index (χ4n) is 4.65. The Kier molecular flexibility index (Phi) is 12.9. The lowest BCUT2D eigenvalue weighted by atomic mass is 10.2. The van der Waals surface area contributed by atoms with Crippen molar-refractivity contribution in [1.82, 2.24) is 0 Å².